The van der Waals surface area contributed by atoms with Crippen LogP contribution in [0.15, 0.2) is 29.4 Å². The van der Waals surface area contributed by atoms with E-state index in [4.69, 9.17) is 5.84 Å². The zero-order chi connectivity index (χ0) is 8.60. The summed E-state index contributed by atoms with van der Waals surface area (Å²) in [6.45, 7) is 0. The molecule has 1 atom stereocenters. The summed E-state index contributed by atoms with van der Waals surface area (Å²) in [5, 5.41) is 15.3. The van der Waals surface area contributed by atoms with Crippen LogP contribution in [0.2, 0.25) is 0 Å². The van der Waals surface area contributed by atoms with Crippen LogP contribution in [0.1, 0.15) is 5.56 Å². The van der Waals surface area contributed by atoms with Crippen LogP contribution in [0.25, 0.3) is 0 Å². The van der Waals surface area contributed by atoms with Gasteiger partial charge in [0.15, 0.2) is 5.69 Å². The second-order valence-electron chi connectivity index (χ2n) is 2.51. The Morgan fingerprint density at radius 2 is 2.17 bits per heavy atom. The maximum absolute atomic E-state index is 11.6. The van der Waals surface area contributed by atoms with Crippen molar-refractivity contribution < 1.29 is 0 Å². The zero-order valence-electron chi connectivity index (χ0n) is 6.27. The molecule has 0 aliphatic carbocycles. The molecule has 0 fully saturated rings. The van der Waals surface area contributed by atoms with Gasteiger partial charge in [-0.05, 0) is 6.07 Å². The molecule has 1 aliphatic heterocycles. The Bertz CT molecular complexity index is 338. The molecule has 62 valence electrons. The number of rotatable bonds is 1. The monoisotopic (exact) mass is 164 g/mol. The lowest BCUT2D eigenvalue weighted by atomic mass is 10.2. The van der Waals surface area contributed by atoms with E-state index in [2.05, 4.69) is 10.6 Å². The highest BCUT2D eigenvalue weighted by Gasteiger charge is 2.27. The molecule has 12 heavy (non-hydrogen) atoms. The van der Waals surface area contributed by atoms with Gasteiger partial charge in [0, 0.05) is 6.07 Å². The number of nitrogens with zero attached hydrogens (tertiary/aromatic N) is 2. The predicted molar refractivity (Wildman–Crippen MR) is 46.5 cm³/mol. The van der Waals surface area contributed by atoms with Crippen molar-refractivity contribution in [3.05, 3.63) is 35.0 Å². The first kappa shape index (κ1) is 7.38. The van der Waals surface area contributed by atoms with Gasteiger partial charge in [-0.15, -0.1) is 4.86 Å². The van der Waals surface area contributed by atoms with E-state index in [-0.39, 0.29) is 0 Å². The summed E-state index contributed by atoms with van der Waals surface area (Å²) in [6, 6.07) is 7.12. The van der Waals surface area contributed by atoms with Gasteiger partial charge in [-0.2, -0.15) is 0 Å². The van der Waals surface area contributed by atoms with Gasteiger partial charge in [0.25, 0.3) is 0 Å². The van der Waals surface area contributed by atoms with Crippen molar-refractivity contribution in [3.63, 3.8) is 0 Å². The van der Waals surface area contributed by atoms with Crippen LogP contribution in [-0.2, 0) is 0 Å². The van der Waals surface area contributed by atoms with Gasteiger partial charge in [0.1, 0.15) is 0 Å². The Morgan fingerprint density at radius 3 is 2.92 bits per heavy atom. The largest absolute Gasteiger partial charge is 0.578 e. The SMILES string of the molecule is NN[N+]1([O-])N=Cc2ccccc21. The first-order chi connectivity index (χ1) is 5.76. The van der Waals surface area contributed by atoms with Gasteiger partial charge < -0.3 is 5.21 Å². The molecule has 0 aromatic heterocycles. The van der Waals surface area contributed by atoms with E-state index >= 15 is 0 Å². The van der Waals surface area contributed by atoms with E-state index in [1.807, 2.05) is 12.1 Å². The molecule has 0 radical (unpaired) electrons. The highest BCUT2D eigenvalue weighted by molar-refractivity contribution is 5.90. The lowest BCUT2D eigenvalue weighted by molar-refractivity contribution is 0.295. The van der Waals surface area contributed by atoms with Gasteiger partial charge in [-0.3, -0.25) is 0 Å². The van der Waals surface area contributed by atoms with Crippen molar-refractivity contribution in [1.82, 2.24) is 10.4 Å². The standard InChI is InChI=1S/C7H8N4O/c8-10-11(12)7-4-2-1-3-6(7)5-9-11/h1-5,10H,8H2. The lowest BCUT2D eigenvalue weighted by Gasteiger charge is -2.28. The summed E-state index contributed by atoms with van der Waals surface area (Å²) in [5.41, 5.74) is 3.39. The maximum atomic E-state index is 11.6. The van der Waals surface area contributed by atoms with Gasteiger partial charge in [0.2, 0.25) is 0 Å². The number of benzene rings is 1. The van der Waals surface area contributed by atoms with Crippen molar-refractivity contribution in [1.29, 1.82) is 0 Å². The molecule has 0 bridgehead atoms. The Hall–Kier alpha value is -1.27. The topological polar surface area (TPSA) is 73.5 Å². The minimum Gasteiger partial charge on any atom is -0.578 e. The summed E-state index contributed by atoms with van der Waals surface area (Å²) in [6.07, 6.45) is 1.50. The molecule has 5 heteroatoms. The number of nitrogens with two attached hydrogens (primary N) is 1. The molecule has 1 aliphatic rings. The van der Waals surface area contributed by atoms with E-state index in [9.17, 15) is 5.21 Å². The molecule has 0 saturated heterocycles. The molecule has 1 aromatic carbocycles. The lowest BCUT2D eigenvalue weighted by Crippen LogP contribution is -2.53. The van der Waals surface area contributed by atoms with Crippen LogP contribution in [0.5, 0.6) is 0 Å². The molecule has 1 heterocycles. The molecular formula is C7H8N4O. The summed E-state index contributed by atoms with van der Waals surface area (Å²) < 4.78 is 0. The van der Waals surface area contributed by atoms with Crippen LogP contribution >= 0.6 is 0 Å². The number of quaternary nitrogens is 1. The molecule has 0 spiro atoms. The molecule has 1 aromatic rings. The Kier molecular flexibility index (Phi) is 1.45. The van der Waals surface area contributed by atoms with E-state index in [1.54, 1.807) is 12.1 Å². The fraction of sp³-hybridized carbons (Fsp3) is 0. The van der Waals surface area contributed by atoms with E-state index in [0.29, 0.717) is 5.69 Å². The van der Waals surface area contributed by atoms with Crippen molar-refractivity contribution in [2.24, 2.45) is 10.9 Å². The summed E-state index contributed by atoms with van der Waals surface area (Å²) >= 11 is 0. The highest BCUT2D eigenvalue weighted by Crippen LogP contribution is 2.27. The van der Waals surface area contributed by atoms with E-state index < -0.39 is 4.86 Å². The molecule has 0 saturated carbocycles. The number of hydrazine groups is 1. The van der Waals surface area contributed by atoms with Gasteiger partial charge >= 0.3 is 0 Å². The third-order valence-electron chi connectivity index (χ3n) is 1.80. The number of nitrogens with one attached hydrogen (secondary N) is 1. The predicted octanol–water partition coefficient (Wildman–Crippen LogP) is 0.217. The minimum absolute atomic E-state index is 0.514. The Labute approximate surface area is 69.2 Å². The van der Waals surface area contributed by atoms with E-state index in [0.717, 1.165) is 5.56 Å². The van der Waals surface area contributed by atoms with Gasteiger partial charge in [-0.25, -0.2) is 5.84 Å². The van der Waals surface area contributed by atoms with Crippen LogP contribution in [-0.4, -0.2) is 6.21 Å². The van der Waals surface area contributed by atoms with Crippen LogP contribution in [0, 0.1) is 5.21 Å². The molecule has 2 rings (SSSR count). The summed E-state index contributed by atoms with van der Waals surface area (Å²) in [7, 11) is 0. The van der Waals surface area contributed by atoms with Crippen molar-refractivity contribution >= 4 is 11.9 Å². The highest BCUT2D eigenvalue weighted by atomic mass is 16.6. The summed E-state index contributed by atoms with van der Waals surface area (Å²) in [4.78, 5) is -1.03. The second kappa shape index (κ2) is 2.36. The number of hydrogen-bond donors (Lipinski definition) is 2. The van der Waals surface area contributed by atoms with Crippen LogP contribution in [0.4, 0.5) is 5.69 Å². The first-order valence-electron chi connectivity index (χ1n) is 3.49. The number of hydrogen-bond acceptors (Lipinski definition) is 4. The quantitative estimate of drug-likeness (QED) is 0.270. The van der Waals surface area contributed by atoms with Gasteiger partial charge in [-0.1, -0.05) is 22.8 Å². The average Bonchev–Trinajstić information content (AvgIpc) is 2.46. The Balaban J connectivity index is 2.56. The average molecular weight is 164 g/mol. The van der Waals surface area contributed by atoms with Crippen LogP contribution in [0.3, 0.4) is 0 Å². The van der Waals surface area contributed by atoms with Gasteiger partial charge in [0.05, 0.1) is 11.8 Å². The maximum Gasteiger partial charge on any atom is 0.189 e. The molecular weight excluding hydrogens is 156 g/mol. The smallest absolute Gasteiger partial charge is 0.189 e. The van der Waals surface area contributed by atoms with Crippen molar-refractivity contribution in [2.45, 2.75) is 0 Å². The Morgan fingerprint density at radius 1 is 1.42 bits per heavy atom. The third kappa shape index (κ3) is 0.853. The minimum atomic E-state index is -1.03. The summed E-state index contributed by atoms with van der Waals surface area (Å²) in [5.74, 6) is 5.08. The first-order valence-corrected chi connectivity index (χ1v) is 3.49. The zero-order valence-corrected chi connectivity index (χ0v) is 6.27. The fourth-order valence-electron chi connectivity index (χ4n) is 1.18. The van der Waals surface area contributed by atoms with Crippen LogP contribution < -0.4 is 16.2 Å². The fourth-order valence-corrected chi connectivity index (χ4v) is 1.18. The normalized spacial score (nSPS) is 25.8. The van der Waals surface area contributed by atoms with Crippen molar-refractivity contribution in [3.8, 4) is 0 Å². The van der Waals surface area contributed by atoms with E-state index in [1.165, 1.54) is 6.21 Å². The molecule has 3 N–H and O–H groups in total. The third-order valence-corrected chi connectivity index (χ3v) is 1.80. The second-order valence-corrected chi connectivity index (χ2v) is 2.51. The number of fused-ring (bicyclic) bond motifs is 1. The molecule has 0 amide bonds. The number of para-hydroxylation sites is 1. The molecule has 5 nitrogen and oxygen atoms in total. The molecule has 1 unspecified atom stereocenters. The van der Waals surface area contributed by atoms with Crippen molar-refractivity contribution in [2.75, 3.05) is 0 Å².